The fourth-order valence-electron chi connectivity index (χ4n) is 3.71. The zero-order valence-electron chi connectivity index (χ0n) is 16.0. The number of rotatable bonds is 6. The molecule has 2 heterocycles. The number of likely N-dealkylation sites (tertiary alicyclic amines) is 1. The number of amides is 1. The van der Waals surface area contributed by atoms with Crippen LogP contribution < -0.4 is 5.32 Å². The van der Waals surface area contributed by atoms with Gasteiger partial charge >= 0.3 is 0 Å². The Morgan fingerprint density at radius 1 is 1.07 bits per heavy atom. The van der Waals surface area contributed by atoms with Crippen LogP contribution in [-0.2, 0) is 13.1 Å². The summed E-state index contributed by atoms with van der Waals surface area (Å²) in [5, 5.41) is 3.00. The summed E-state index contributed by atoms with van der Waals surface area (Å²) in [5.74, 6) is -0.575. The summed E-state index contributed by atoms with van der Waals surface area (Å²) in [6.07, 6.45) is 4.08. The van der Waals surface area contributed by atoms with E-state index in [1.54, 1.807) is 22.9 Å². The highest BCUT2D eigenvalue weighted by atomic mass is 32.1. The molecule has 0 aliphatic carbocycles. The minimum absolute atomic E-state index is 0.238. The highest BCUT2D eigenvalue weighted by Crippen LogP contribution is 2.17. The number of nitrogens with zero attached hydrogens (tertiary/aromatic N) is 2. The lowest BCUT2D eigenvalue weighted by atomic mass is 10.1. The minimum Gasteiger partial charge on any atom is -0.347 e. The molecule has 1 aliphatic heterocycles. The second kappa shape index (κ2) is 8.71. The van der Waals surface area contributed by atoms with Crippen LogP contribution in [0.15, 0.2) is 54.7 Å². The molecule has 2 N–H and O–H groups in total. The predicted octanol–water partition coefficient (Wildman–Crippen LogP) is 4.20. The van der Waals surface area contributed by atoms with Gasteiger partial charge in [0, 0.05) is 25.0 Å². The number of aromatic nitrogens is 2. The SMILES string of the molecule is O=C(NCc1ccccc1CN1CCCC1)c1c[nH]c(=S)n1-c1ccc(F)cc1. The van der Waals surface area contributed by atoms with Gasteiger partial charge in [-0.2, -0.15) is 0 Å². The number of nitrogens with one attached hydrogen (secondary N) is 2. The number of carbonyl (C=O) groups is 1. The van der Waals surface area contributed by atoms with Crippen molar-refractivity contribution >= 4 is 18.1 Å². The molecule has 0 spiro atoms. The lowest BCUT2D eigenvalue weighted by molar-refractivity contribution is 0.0944. The summed E-state index contributed by atoms with van der Waals surface area (Å²) in [5.41, 5.74) is 3.37. The Bertz CT molecular complexity index is 1050. The number of imidazole rings is 1. The Hall–Kier alpha value is -2.77. The van der Waals surface area contributed by atoms with Crippen molar-refractivity contribution in [3.05, 3.63) is 82.1 Å². The van der Waals surface area contributed by atoms with E-state index in [2.05, 4.69) is 27.3 Å². The van der Waals surface area contributed by atoms with Gasteiger partial charge in [-0.1, -0.05) is 24.3 Å². The summed E-state index contributed by atoms with van der Waals surface area (Å²) in [7, 11) is 0. The van der Waals surface area contributed by atoms with Gasteiger partial charge in [-0.25, -0.2) is 4.39 Å². The number of H-pyrrole nitrogens is 1. The van der Waals surface area contributed by atoms with E-state index < -0.39 is 0 Å². The molecule has 4 rings (SSSR count). The molecule has 1 aromatic heterocycles. The monoisotopic (exact) mass is 410 g/mol. The molecule has 29 heavy (non-hydrogen) atoms. The van der Waals surface area contributed by atoms with Crippen molar-refractivity contribution in [2.45, 2.75) is 25.9 Å². The van der Waals surface area contributed by atoms with Crippen LogP contribution in [0.3, 0.4) is 0 Å². The molecule has 2 aromatic carbocycles. The molecule has 150 valence electrons. The van der Waals surface area contributed by atoms with Gasteiger partial charge in [-0.15, -0.1) is 0 Å². The molecule has 0 radical (unpaired) electrons. The van der Waals surface area contributed by atoms with Gasteiger partial charge in [0.05, 0.1) is 0 Å². The fourth-order valence-corrected chi connectivity index (χ4v) is 3.98. The number of aromatic amines is 1. The van der Waals surface area contributed by atoms with E-state index in [1.807, 2.05) is 12.1 Å². The number of benzene rings is 2. The third-order valence-electron chi connectivity index (χ3n) is 5.24. The molecule has 3 aromatic rings. The molecule has 0 atom stereocenters. The van der Waals surface area contributed by atoms with E-state index in [9.17, 15) is 9.18 Å². The first kappa shape index (κ1) is 19.5. The van der Waals surface area contributed by atoms with Crippen molar-refractivity contribution in [3.8, 4) is 5.69 Å². The molecule has 0 unspecified atom stereocenters. The van der Waals surface area contributed by atoms with E-state index >= 15 is 0 Å². The summed E-state index contributed by atoms with van der Waals surface area (Å²) in [6, 6.07) is 14.1. The average Bonchev–Trinajstić information content (AvgIpc) is 3.37. The van der Waals surface area contributed by atoms with Crippen molar-refractivity contribution in [1.29, 1.82) is 0 Å². The van der Waals surface area contributed by atoms with E-state index in [0.717, 1.165) is 25.2 Å². The molecule has 1 saturated heterocycles. The van der Waals surface area contributed by atoms with Gasteiger partial charge in [0.15, 0.2) is 4.77 Å². The van der Waals surface area contributed by atoms with Crippen LogP contribution in [0.25, 0.3) is 5.69 Å². The van der Waals surface area contributed by atoms with Gasteiger partial charge in [0.25, 0.3) is 5.91 Å². The highest BCUT2D eigenvalue weighted by Gasteiger charge is 2.16. The third kappa shape index (κ3) is 4.46. The average molecular weight is 411 g/mol. The maximum absolute atomic E-state index is 13.3. The van der Waals surface area contributed by atoms with Crippen molar-refractivity contribution in [2.75, 3.05) is 13.1 Å². The van der Waals surface area contributed by atoms with Gasteiger partial charge in [-0.05, 0) is 73.5 Å². The molecule has 1 fully saturated rings. The van der Waals surface area contributed by atoms with Crippen LogP contribution in [0.5, 0.6) is 0 Å². The number of hydrogen-bond donors (Lipinski definition) is 2. The van der Waals surface area contributed by atoms with Crippen molar-refractivity contribution < 1.29 is 9.18 Å². The molecule has 0 bridgehead atoms. The molecular weight excluding hydrogens is 387 g/mol. The van der Waals surface area contributed by atoms with Gasteiger partial charge in [0.1, 0.15) is 11.5 Å². The summed E-state index contributed by atoms with van der Waals surface area (Å²) in [6.45, 7) is 3.60. The molecular formula is C22H23FN4OS. The quantitative estimate of drug-likeness (QED) is 0.599. The molecule has 1 amide bonds. The Balaban J connectivity index is 1.50. The van der Waals surface area contributed by atoms with Crippen molar-refractivity contribution in [3.63, 3.8) is 0 Å². The standard InChI is InChI=1S/C22H23FN4OS/c23-18-7-9-19(10-8-18)27-20(14-25-22(27)29)21(28)24-13-16-5-1-2-6-17(16)15-26-11-3-4-12-26/h1-2,5-10,14H,3-4,11-13,15H2,(H,24,28)(H,25,29). The van der Waals surface area contributed by atoms with Crippen molar-refractivity contribution in [1.82, 2.24) is 19.8 Å². The fraction of sp³-hybridized carbons (Fsp3) is 0.273. The predicted molar refractivity (Wildman–Crippen MR) is 113 cm³/mol. The molecule has 7 heteroatoms. The zero-order valence-corrected chi connectivity index (χ0v) is 16.8. The lowest BCUT2D eigenvalue weighted by Crippen LogP contribution is -2.26. The summed E-state index contributed by atoms with van der Waals surface area (Å²) in [4.78, 5) is 18.2. The van der Waals surface area contributed by atoms with E-state index in [0.29, 0.717) is 22.7 Å². The van der Waals surface area contributed by atoms with Gasteiger partial charge in [-0.3, -0.25) is 14.3 Å². The maximum atomic E-state index is 13.3. The second-order valence-corrected chi connectivity index (χ2v) is 7.61. The smallest absolute Gasteiger partial charge is 0.270 e. The summed E-state index contributed by atoms with van der Waals surface area (Å²) < 4.78 is 15.3. The Labute approximate surface area is 174 Å². The van der Waals surface area contributed by atoms with Crippen LogP contribution in [0.1, 0.15) is 34.5 Å². The maximum Gasteiger partial charge on any atom is 0.270 e. The van der Waals surface area contributed by atoms with Gasteiger partial charge < -0.3 is 10.3 Å². The first-order valence-corrected chi connectivity index (χ1v) is 10.2. The first-order valence-electron chi connectivity index (χ1n) is 9.75. The normalized spacial score (nSPS) is 14.2. The Morgan fingerprint density at radius 2 is 1.76 bits per heavy atom. The van der Waals surface area contributed by atoms with E-state index in [1.165, 1.54) is 30.5 Å². The van der Waals surface area contributed by atoms with Crippen LogP contribution in [0.4, 0.5) is 4.39 Å². The molecule has 0 saturated carbocycles. The molecule has 5 nitrogen and oxygen atoms in total. The molecule has 1 aliphatic rings. The van der Waals surface area contributed by atoms with Crippen LogP contribution in [0, 0.1) is 10.6 Å². The number of halogens is 1. The zero-order chi connectivity index (χ0) is 20.2. The second-order valence-electron chi connectivity index (χ2n) is 7.23. The van der Waals surface area contributed by atoms with E-state index in [-0.39, 0.29) is 11.7 Å². The highest BCUT2D eigenvalue weighted by molar-refractivity contribution is 7.71. The lowest BCUT2D eigenvalue weighted by Gasteiger charge is -2.18. The number of carbonyl (C=O) groups excluding carboxylic acids is 1. The largest absolute Gasteiger partial charge is 0.347 e. The first-order chi connectivity index (χ1) is 14.1. The minimum atomic E-state index is -0.337. The third-order valence-corrected chi connectivity index (χ3v) is 5.54. The number of hydrogen-bond acceptors (Lipinski definition) is 3. The van der Waals surface area contributed by atoms with Gasteiger partial charge in [0.2, 0.25) is 0 Å². The van der Waals surface area contributed by atoms with Crippen molar-refractivity contribution in [2.24, 2.45) is 0 Å². The van der Waals surface area contributed by atoms with Crippen LogP contribution in [-0.4, -0.2) is 33.4 Å². The van der Waals surface area contributed by atoms with Crippen LogP contribution >= 0.6 is 12.2 Å². The topological polar surface area (TPSA) is 53.1 Å². The van der Waals surface area contributed by atoms with E-state index in [4.69, 9.17) is 12.2 Å². The Morgan fingerprint density at radius 3 is 2.48 bits per heavy atom. The van der Waals surface area contributed by atoms with Crippen LogP contribution in [0.2, 0.25) is 0 Å². The summed E-state index contributed by atoms with van der Waals surface area (Å²) >= 11 is 5.31. The Kier molecular flexibility index (Phi) is 5.87.